The fourth-order valence-electron chi connectivity index (χ4n) is 11.0. The van der Waals surface area contributed by atoms with Crippen LogP contribution < -0.4 is 20.2 Å². The zero-order chi connectivity index (χ0) is 39.8. The molecule has 0 spiro atoms. The Balaban J connectivity index is 1.01. The van der Waals surface area contributed by atoms with E-state index in [1.54, 1.807) is 0 Å². The summed E-state index contributed by atoms with van der Waals surface area (Å²) in [6.07, 6.45) is 12.9. The van der Waals surface area contributed by atoms with Gasteiger partial charge in [-0.25, -0.2) is 0 Å². The maximum Gasteiger partial charge on any atom is 0.113 e. The third-order valence-corrected chi connectivity index (χ3v) is 17.7. The summed E-state index contributed by atoms with van der Waals surface area (Å²) in [5.74, 6) is 0.704. The third kappa shape index (κ3) is 6.84. The molecule has 0 N–H and O–H groups in total. The predicted octanol–water partition coefficient (Wildman–Crippen LogP) is 14.7. The first kappa shape index (κ1) is 37.6. The maximum atomic E-state index is 2.51. The molecule has 0 unspecified atom stereocenters. The lowest BCUT2D eigenvalue weighted by molar-refractivity contribution is 0.346. The Kier molecular flexibility index (Phi) is 10.1. The molecule has 1 aliphatic heterocycles. The van der Waals surface area contributed by atoms with E-state index < -0.39 is 8.07 Å². The van der Waals surface area contributed by atoms with Gasteiger partial charge >= 0.3 is 0 Å². The summed E-state index contributed by atoms with van der Waals surface area (Å²) < 4.78 is 0. The second-order valence-corrected chi connectivity index (χ2v) is 22.2. The molecule has 0 aromatic heterocycles. The van der Waals surface area contributed by atoms with Crippen molar-refractivity contribution in [3.05, 3.63) is 193 Å². The van der Waals surface area contributed by atoms with Crippen molar-refractivity contribution in [2.24, 2.45) is 0 Å². The van der Waals surface area contributed by atoms with Gasteiger partial charge in [-0.05, 0) is 131 Å². The zero-order valence-electron chi connectivity index (χ0n) is 34.8. The Morgan fingerprint density at radius 3 is 1.51 bits per heavy atom. The number of fused-ring (bicyclic) bond motifs is 3. The highest BCUT2D eigenvalue weighted by atomic mass is 28.3. The SMILES string of the molecule is C[Si]1(C)c2ccccc2-c2c(N(c3ccccc3)c3ccc(C4(c5ccc(N(c6ccccc6)c6ccc(C7CCCCC7)cc6)cc5)CCCCC4)cc3)cccc21. The summed E-state index contributed by atoms with van der Waals surface area (Å²) in [7, 11) is -1.83. The topological polar surface area (TPSA) is 6.48 Å². The molecule has 2 saturated carbocycles. The van der Waals surface area contributed by atoms with Gasteiger partial charge in [0.2, 0.25) is 0 Å². The fraction of sp³-hybridized carbons (Fsp3) is 0.250. The molecular formula is C56H56N2Si. The molecule has 2 fully saturated rings. The molecule has 7 aromatic carbocycles. The Morgan fingerprint density at radius 2 is 0.898 bits per heavy atom. The summed E-state index contributed by atoms with van der Waals surface area (Å²) >= 11 is 0. The van der Waals surface area contributed by atoms with Crippen LogP contribution in [-0.4, -0.2) is 8.07 Å². The summed E-state index contributed by atoms with van der Waals surface area (Å²) in [6, 6.07) is 66.8. The van der Waals surface area contributed by atoms with Crippen LogP contribution >= 0.6 is 0 Å². The number of hydrogen-bond acceptors (Lipinski definition) is 2. The molecule has 7 aromatic rings. The van der Waals surface area contributed by atoms with Gasteiger partial charge in [-0.1, -0.05) is 161 Å². The van der Waals surface area contributed by atoms with Crippen molar-refractivity contribution < 1.29 is 0 Å². The van der Waals surface area contributed by atoms with Crippen LogP contribution in [0.5, 0.6) is 0 Å². The summed E-state index contributed by atoms with van der Waals surface area (Å²) in [4.78, 5) is 4.93. The Bertz CT molecular complexity index is 2510. The molecule has 0 radical (unpaired) electrons. The molecule has 2 aliphatic carbocycles. The van der Waals surface area contributed by atoms with Crippen molar-refractivity contribution in [3.63, 3.8) is 0 Å². The van der Waals surface area contributed by atoms with Crippen molar-refractivity contribution in [3.8, 4) is 11.1 Å². The van der Waals surface area contributed by atoms with Crippen molar-refractivity contribution in [1.82, 2.24) is 0 Å². The van der Waals surface area contributed by atoms with Crippen LogP contribution in [0.3, 0.4) is 0 Å². The Hall–Kier alpha value is -5.64. The lowest BCUT2D eigenvalue weighted by atomic mass is 9.65. The number of anilines is 6. The van der Waals surface area contributed by atoms with Crippen molar-refractivity contribution in [2.45, 2.75) is 88.6 Å². The van der Waals surface area contributed by atoms with Crippen LogP contribution in [0, 0.1) is 0 Å². The number of benzene rings is 7. The van der Waals surface area contributed by atoms with E-state index in [0.29, 0.717) is 5.92 Å². The van der Waals surface area contributed by atoms with E-state index in [-0.39, 0.29) is 5.41 Å². The van der Waals surface area contributed by atoms with Crippen molar-refractivity contribution in [1.29, 1.82) is 0 Å². The molecular weight excluding hydrogens is 729 g/mol. The van der Waals surface area contributed by atoms with Gasteiger partial charge in [0.15, 0.2) is 0 Å². The molecule has 0 saturated heterocycles. The van der Waals surface area contributed by atoms with Gasteiger partial charge in [0.1, 0.15) is 8.07 Å². The molecule has 1 heterocycles. The lowest BCUT2D eigenvalue weighted by Crippen LogP contribution is -2.49. The van der Waals surface area contributed by atoms with E-state index in [0.717, 1.165) is 0 Å². The summed E-state index contributed by atoms with van der Waals surface area (Å²) in [5.41, 5.74) is 14.4. The highest BCUT2D eigenvalue weighted by Gasteiger charge is 2.40. The van der Waals surface area contributed by atoms with Gasteiger partial charge in [0.05, 0.1) is 5.69 Å². The van der Waals surface area contributed by atoms with Crippen LogP contribution in [0.15, 0.2) is 176 Å². The van der Waals surface area contributed by atoms with Gasteiger partial charge in [0.25, 0.3) is 0 Å². The second-order valence-electron chi connectivity index (χ2n) is 17.9. The van der Waals surface area contributed by atoms with Gasteiger partial charge in [-0.15, -0.1) is 0 Å². The molecule has 0 bridgehead atoms. The predicted molar refractivity (Wildman–Crippen MR) is 254 cm³/mol. The standard InChI is InChI=1S/C56H56N2Si/c1-59(2)53-26-14-13-24-51(53)55-52(25-17-27-54(55)59)58(47-22-11-5-12-23-47)50-38-32-45(33-39-50)56(40-15-6-16-41-56)44-30-36-49(37-31-44)57(46-20-9-4-10-21-46)48-34-28-43(29-35-48)42-18-7-3-8-19-42/h4-5,9-14,17,20-39,42H,3,6-8,15-16,18-19,40-41H2,1-2H3. The number of hydrogen-bond donors (Lipinski definition) is 0. The van der Waals surface area contributed by atoms with Crippen LogP contribution in [0.2, 0.25) is 13.1 Å². The molecule has 0 amide bonds. The minimum Gasteiger partial charge on any atom is -0.311 e. The second kappa shape index (κ2) is 15.8. The van der Waals surface area contributed by atoms with E-state index in [1.807, 2.05) is 0 Å². The molecule has 0 atom stereocenters. The van der Waals surface area contributed by atoms with Crippen LogP contribution in [0.4, 0.5) is 34.1 Å². The van der Waals surface area contributed by atoms with Crippen LogP contribution in [0.25, 0.3) is 11.1 Å². The van der Waals surface area contributed by atoms with Gasteiger partial charge < -0.3 is 9.80 Å². The molecule has 3 heteroatoms. The van der Waals surface area contributed by atoms with E-state index in [4.69, 9.17) is 0 Å². The zero-order valence-corrected chi connectivity index (χ0v) is 35.8. The monoisotopic (exact) mass is 784 g/mol. The number of para-hydroxylation sites is 2. The van der Waals surface area contributed by atoms with Gasteiger partial charge in [-0.3, -0.25) is 0 Å². The Labute approximate surface area is 353 Å². The first-order valence-electron chi connectivity index (χ1n) is 22.3. The van der Waals surface area contributed by atoms with E-state index >= 15 is 0 Å². The van der Waals surface area contributed by atoms with Crippen molar-refractivity contribution in [2.75, 3.05) is 9.80 Å². The van der Waals surface area contributed by atoms with Crippen LogP contribution in [0.1, 0.15) is 86.8 Å². The molecule has 59 heavy (non-hydrogen) atoms. The van der Waals surface area contributed by atoms with E-state index in [2.05, 4.69) is 199 Å². The summed E-state index contributed by atoms with van der Waals surface area (Å²) in [5, 5.41) is 3.07. The number of rotatable bonds is 9. The van der Waals surface area contributed by atoms with Gasteiger partial charge in [-0.2, -0.15) is 0 Å². The number of nitrogens with zero attached hydrogens (tertiary/aromatic N) is 2. The van der Waals surface area contributed by atoms with Gasteiger partial charge in [0, 0.05) is 39.4 Å². The minimum atomic E-state index is -1.83. The minimum absolute atomic E-state index is 0.0192. The average Bonchev–Trinajstić information content (AvgIpc) is 3.55. The first-order chi connectivity index (χ1) is 29.0. The van der Waals surface area contributed by atoms with E-state index in [9.17, 15) is 0 Å². The normalized spacial score (nSPS) is 16.8. The fourth-order valence-corrected chi connectivity index (χ4v) is 14.1. The van der Waals surface area contributed by atoms with Crippen LogP contribution in [-0.2, 0) is 5.41 Å². The highest BCUT2D eigenvalue weighted by molar-refractivity contribution is 7.04. The molecule has 2 nitrogen and oxygen atoms in total. The highest BCUT2D eigenvalue weighted by Crippen LogP contribution is 2.48. The molecule has 10 rings (SSSR count). The largest absolute Gasteiger partial charge is 0.311 e. The van der Waals surface area contributed by atoms with E-state index in [1.165, 1.54) is 137 Å². The lowest BCUT2D eigenvalue weighted by Gasteiger charge is -2.39. The maximum absolute atomic E-state index is 2.51. The Morgan fingerprint density at radius 1 is 0.424 bits per heavy atom. The summed E-state index contributed by atoms with van der Waals surface area (Å²) in [6.45, 7) is 5.01. The quantitative estimate of drug-likeness (QED) is 0.135. The average molecular weight is 785 g/mol. The smallest absolute Gasteiger partial charge is 0.113 e. The third-order valence-electron chi connectivity index (χ3n) is 14.1. The molecule has 294 valence electrons. The first-order valence-corrected chi connectivity index (χ1v) is 25.3. The van der Waals surface area contributed by atoms with Crippen molar-refractivity contribution >= 4 is 52.6 Å². The molecule has 3 aliphatic rings.